The molecule has 0 radical (unpaired) electrons. The Balaban J connectivity index is 0.000000263. The van der Waals surface area contributed by atoms with Gasteiger partial charge in [-0.15, -0.1) is 0 Å². The zero-order valence-electron chi connectivity index (χ0n) is 24.5. The van der Waals surface area contributed by atoms with Crippen molar-refractivity contribution in [1.29, 1.82) is 0 Å². The first-order valence-corrected chi connectivity index (χ1v) is 12.2. The summed E-state index contributed by atoms with van der Waals surface area (Å²) in [6.07, 6.45) is 7.44. The predicted octanol–water partition coefficient (Wildman–Crippen LogP) is 6.80. The quantitative estimate of drug-likeness (QED) is 0.382. The van der Waals surface area contributed by atoms with Crippen LogP contribution in [0.2, 0.25) is 0 Å². The number of hydrogen-bond donors (Lipinski definition) is 0. The van der Waals surface area contributed by atoms with E-state index in [1.54, 1.807) is 19.5 Å². The lowest BCUT2D eigenvalue weighted by atomic mass is 9.84. The second-order valence-electron chi connectivity index (χ2n) is 12.0. The summed E-state index contributed by atoms with van der Waals surface area (Å²) >= 11 is 0. The van der Waals surface area contributed by atoms with E-state index >= 15 is 0 Å². The first-order valence-electron chi connectivity index (χ1n) is 12.2. The summed E-state index contributed by atoms with van der Waals surface area (Å²) in [4.78, 5) is 12.3. The molecule has 0 aromatic carbocycles. The molecule has 35 heavy (non-hydrogen) atoms. The highest BCUT2D eigenvalue weighted by molar-refractivity contribution is 5.33. The predicted molar refractivity (Wildman–Crippen MR) is 146 cm³/mol. The smallest absolute Gasteiger partial charge is 0.316 e. The highest BCUT2D eigenvalue weighted by Crippen LogP contribution is 2.26. The molecule has 0 fully saturated rings. The third-order valence-electron chi connectivity index (χ3n) is 5.98. The maximum Gasteiger partial charge on any atom is 0.316 e. The Kier molecular flexibility index (Phi) is 10.2. The number of ether oxygens (including phenoxy) is 1. The van der Waals surface area contributed by atoms with E-state index < -0.39 is 0 Å². The maximum absolute atomic E-state index is 4.86. The largest absolute Gasteiger partial charge is 0.467 e. The van der Waals surface area contributed by atoms with Crippen molar-refractivity contribution < 1.29 is 4.74 Å². The fourth-order valence-electron chi connectivity index (χ4n) is 3.50. The molecular formula is C29H47N5O. The zero-order chi connectivity index (χ0) is 27.2. The lowest BCUT2D eigenvalue weighted by Crippen LogP contribution is -2.14. The van der Waals surface area contributed by atoms with E-state index in [1.807, 2.05) is 24.1 Å². The minimum atomic E-state index is 0.103. The highest BCUT2D eigenvalue weighted by atomic mass is 16.5. The van der Waals surface area contributed by atoms with Crippen molar-refractivity contribution in [2.75, 3.05) is 7.11 Å². The lowest BCUT2D eigenvalue weighted by Gasteiger charge is -2.21. The molecule has 0 aliphatic heterocycles. The summed E-state index contributed by atoms with van der Waals surface area (Å²) in [7, 11) is 3.54. The molecule has 6 heteroatoms. The molecule has 3 aromatic heterocycles. The molecule has 0 unspecified atom stereocenters. The first-order chi connectivity index (χ1) is 15.9. The molecule has 0 amide bonds. The molecule has 3 rings (SSSR count). The van der Waals surface area contributed by atoms with Crippen molar-refractivity contribution in [3.8, 4) is 6.01 Å². The summed E-state index contributed by atoms with van der Waals surface area (Å²) in [6, 6.07) is 2.53. The molecule has 0 bridgehead atoms. The van der Waals surface area contributed by atoms with Gasteiger partial charge in [0.1, 0.15) is 0 Å². The molecular weight excluding hydrogens is 434 g/mol. The Morgan fingerprint density at radius 2 is 1.23 bits per heavy atom. The summed E-state index contributed by atoms with van der Waals surface area (Å²) in [5, 5.41) is 4.20. The average molecular weight is 482 g/mol. The Hall–Kier alpha value is -2.76. The molecule has 0 saturated carbocycles. The fourth-order valence-corrected chi connectivity index (χ4v) is 3.50. The third kappa shape index (κ3) is 9.08. The van der Waals surface area contributed by atoms with Crippen LogP contribution in [0.15, 0.2) is 30.9 Å². The van der Waals surface area contributed by atoms with Crippen LogP contribution >= 0.6 is 0 Å². The van der Waals surface area contributed by atoms with Gasteiger partial charge in [0.15, 0.2) is 0 Å². The zero-order valence-corrected chi connectivity index (χ0v) is 24.5. The van der Waals surface area contributed by atoms with Crippen LogP contribution in [0.25, 0.3) is 0 Å². The molecule has 3 heterocycles. The fraction of sp³-hybridized carbons (Fsp3) is 0.586. The van der Waals surface area contributed by atoms with Crippen LogP contribution in [0.3, 0.4) is 0 Å². The van der Waals surface area contributed by atoms with Gasteiger partial charge in [0.05, 0.1) is 13.3 Å². The van der Waals surface area contributed by atoms with Gasteiger partial charge in [-0.2, -0.15) is 5.10 Å². The van der Waals surface area contributed by atoms with E-state index in [1.165, 1.54) is 22.4 Å². The van der Waals surface area contributed by atoms with E-state index in [4.69, 9.17) is 4.74 Å². The number of methoxy groups -OCH3 is 1. The van der Waals surface area contributed by atoms with Gasteiger partial charge in [-0.25, -0.2) is 9.97 Å². The normalized spacial score (nSPS) is 11.7. The number of nitrogens with zero attached hydrogens (tertiary/aromatic N) is 5. The maximum atomic E-state index is 4.86. The van der Waals surface area contributed by atoms with Crippen LogP contribution in [0.5, 0.6) is 6.01 Å². The van der Waals surface area contributed by atoms with Gasteiger partial charge < -0.3 is 4.74 Å². The Morgan fingerprint density at radius 1 is 0.714 bits per heavy atom. The van der Waals surface area contributed by atoms with Crippen molar-refractivity contribution in [3.05, 3.63) is 64.5 Å². The van der Waals surface area contributed by atoms with E-state index in [2.05, 4.69) is 109 Å². The minimum Gasteiger partial charge on any atom is -0.467 e. The van der Waals surface area contributed by atoms with Crippen molar-refractivity contribution in [1.82, 2.24) is 24.7 Å². The van der Waals surface area contributed by atoms with Gasteiger partial charge in [0, 0.05) is 37.0 Å². The van der Waals surface area contributed by atoms with Crippen molar-refractivity contribution >= 4 is 0 Å². The van der Waals surface area contributed by atoms with Gasteiger partial charge >= 0.3 is 6.01 Å². The lowest BCUT2D eigenvalue weighted by molar-refractivity contribution is 0.378. The second kappa shape index (κ2) is 11.8. The highest BCUT2D eigenvalue weighted by Gasteiger charge is 2.18. The number of pyridine rings is 1. The molecule has 0 aliphatic carbocycles. The molecule has 194 valence electrons. The summed E-state index contributed by atoms with van der Waals surface area (Å²) in [5.41, 5.74) is 8.13. The number of aryl methyl sites for hydroxylation is 2. The minimum absolute atomic E-state index is 0.103. The van der Waals surface area contributed by atoms with Gasteiger partial charge in [-0.05, 0) is 65.3 Å². The second-order valence-corrected chi connectivity index (χ2v) is 12.0. The molecule has 6 nitrogen and oxygen atoms in total. The Labute approximate surface area is 213 Å². The number of aromatic nitrogens is 5. The van der Waals surface area contributed by atoms with Gasteiger partial charge in [0.25, 0.3) is 0 Å². The van der Waals surface area contributed by atoms with Crippen LogP contribution in [0, 0.1) is 20.8 Å². The van der Waals surface area contributed by atoms with Gasteiger partial charge in [0.2, 0.25) is 0 Å². The van der Waals surface area contributed by atoms with E-state index in [0.29, 0.717) is 6.01 Å². The van der Waals surface area contributed by atoms with Crippen LogP contribution in [-0.2, 0) is 23.3 Å². The molecule has 0 aliphatic rings. The Morgan fingerprint density at radius 3 is 1.54 bits per heavy atom. The van der Waals surface area contributed by atoms with Crippen LogP contribution in [0.1, 0.15) is 96.0 Å². The summed E-state index contributed by atoms with van der Waals surface area (Å²) in [6.45, 7) is 26.0. The molecule has 0 spiro atoms. The van der Waals surface area contributed by atoms with Gasteiger partial charge in [-0.3, -0.25) is 9.67 Å². The van der Waals surface area contributed by atoms with E-state index in [0.717, 1.165) is 11.3 Å². The first kappa shape index (κ1) is 30.3. The Bertz CT molecular complexity index is 1060. The van der Waals surface area contributed by atoms with E-state index in [-0.39, 0.29) is 16.2 Å². The molecule has 0 atom stereocenters. The van der Waals surface area contributed by atoms with Crippen molar-refractivity contribution in [3.63, 3.8) is 0 Å². The monoisotopic (exact) mass is 481 g/mol. The number of hydrogen-bond acceptors (Lipinski definition) is 5. The van der Waals surface area contributed by atoms with Crippen LogP contribution in [-0.4, -0.2) is 31.8 Å². The van der Waals surface area contributed by atoms with Gasteiger partial charge in [-0.1, -0.05) is 62.3 Å². The summed E-state index contributed by atoms with van der Waals surface area (Å²) < 4.78 is 6.78. The SMILES string of the molecule is COc1ncc(C(C)(C)C)cn1.Cc1c(C(C)(C)C)cnn1C.Cc1nccc(C(C)(C)C)c1C. The van der Waals surface area contributed by atoms with Crippen LogP contribution in [0.4, 0.5) is 0 Å². The summed E-state index contributed by atoms with van der Waals surface area (Å²) in [5.74, 6) is 0. The van der Waals surface area contributed by atoms with Crippen molar-refractivity contribution in [2.24, 2.45) is 7.05 Å². The van der Waals surface area contributed by atoms with Crippen molar-refractivity contribution in [2.45, 2.75) is 99.3 Å². The third-order valence-corrected chi connectivity index (χ3v) is 5.98. The molecule has 3 aromatic rings. The number of rotatable bonds is 1. The standard InChI is InChI=1S/C11H17N.C9H14N2O.C9H16N2/c1-8-9(2)12-7-6-10(8)11(3,4)5;1-9(2,3)7-5-10-8(12-4)11-6-7;1-7-8(9(2,3)4)6-10-11(7)5/h6-7H,1-5H3;5-6H,1-4H3;6H,1-5H3. The van der Waals surface area contributed by atoms with E-state index in [9.17, 15) is 0 Å². The molecule has 0 N–H and O–H groups in total. The molecule has 0 saturated heterocycles. The van der Waals surface area contributed by atoms with Crippen LogP contribution < -0.4 is 4.74 Å². The topological polar surface area (TPSA) is 65.7 Å². The average Bonchev–Trinajstić information content (AvgIpc) is 3.08.